The summed E-state index contributed by atoms with van der Waals surface area (Å²) >= 11 is 0. The first-order valence-corrected chi connectivity index (χ1v) is 8.56. The molecule has 0 aliphatic carbocycles. The molecule has 0 bridgehead atoms. The lowest BCUT2D eigenvalue weighted by molar-refractivity contribution is 0.364. The van der Waals surface area contributed by atoms with Gasteiger partial charge < -0.3 is 5.32 Å². The van der Waals surface area contributed by atoms with Crippen LogP contribution >= 0.6 is 0 Å². The molecule has 0 aliphatic rings. The van der Waals surface area contributed by atoms with Gasteiger partial charge in [-0.25, -0.2) is 4.68 Å². The van der Waals surface area contributed by atoms with E-state index in [-0.39, 0.29) is 17.6 Å². The summed E-state index contributed by atoms with van der Waals surface area (Å²) in [6.07, 6.45) is 3.74. The summed E-state index contributed by atoms with van der Waals surface area (Å²) in [7, 11) is 1.92. The molecular weight excluding hydrogens is 314 g/mol. The number of aromatic nitrogens is 4. The number of para-hydroxylation sites is 1. The maximum Gasteiger partial charge on any atom is 0.276 e. The number of rotatable bonds is 6. The van der Waals surface area contributed by atoms with E-state index in [2.05, 4.69) is 24.3 Å². The lowest BCUT2D eigenvalue weighted by Crippen LogP contribution is -2.35. The largest absolute Gasteiger partial charge is 0.308 e. The van der Waals surface area contributed by atoms with Crippen molar-refractivity contribution in [1.29, 1.82) is 0 Å². The van der Waals surface area contributed by atoms with Gasteiger partial charge in [-0.3, -0.25) is 14.2 Å². The van der Waals surface area contributed by atoms with Gasteiger partial charge in [0.2, 0.25) is 0 Å². The molecule has 25 heavy (non-hydrogen) atoms. The molecule has 0 unspecified atom stereocenters. The van der Waals surface area contributed by atoms with E-state index in [0.29, 0.717) is 6.54 Å². The number of nitrogens with zero attached hydrogens (tertiary/aromatic N) is 4. The van der Waals surface area contributed by atoms with Crippen LogP contribution in [-0.4, -0.2) is 25.2 Å². The average Bonchev–Trinajstić information content (AvgIpc) is 3.22. The molecule has 3 aromatic rings. The first kappa shape index (κ1) is 17.2. The van der Waals surface area contributed by atoms with E-state index >= 15 is 0 Å². The van der Waals surface area contributed by atoms with Crippen LogP contribution < -0.4 is 10.9 Å². The second-order valence-electron chi connectivity index (χ2n) is 6.44. The Morgan fingerprint density at radius 1 is 1.16 bits per heavy atom. The minimum Gasteiger partial charge on any atom is -0.308 e. The maximum atomic E-state index is 12.9. The highest BCUT2D eigenvalue weighted by Gasteiger charge is 2.18. The highest BCUT2D eigenvalue weighted by molar-refractivity contribution is 5.33. The van der Waals surface area contributed by atoms with E-state index in [9.17, 15) is 4.79 Å². The Bertz CT molecular complexity index is 877. The average molecular weight is 339 g/mol. The summed E-state index contributed by atoms with van der Waals surface area (Å²) in [4.78, 5) is 12.9. The molecule has 1 N–H and O–H groups in total. The summed E-state index contributed by atoms with van der Waals surface area (Å²) in [5.41, 5.74) is 2.67. The fraction of sp³-hybridized carbons (Fsp3) is 0.368. The number of nitrogens with one attached hydrogen (secondary N) is 1. The molecular formula is C19H25N5O. The molecule has 0 radical (unpaired) electrons. The Labute approximate surface area is 147 Å². The van der Waals surface area contributed by atoms with Gasteiger partial charge >= 0.3 is 0 Å². The Balaban J connectivity index is 1.81. The Kier molecular flexibility index (Phi) is 4.90. The molecule has 1 aromatic carbocycles. The van der Waals surface area contributed by atoms with E-state index in [1.165, 1.54) is 0 Å². The first-order valence-electron chi connectivity index (χ1n) is 8.56. The van der Waals surface area contributed by atoms with Crippen molar-refractivity contribution in [2.24, 2.45) is 7.05 Å². The summed E-state index contributed by atoms with van der Waals surface area (Å²) in [6.45, 7) is 6.75. The molecule has 0 saturated carbocycles. The minimum atomic E-state index is 0.0256. The fourth-order valence-electron chi connectivity index (χ4n) is 3.01. The number of hydrogen-bond donors (Lipinski definition) is 1. The zero-order valence-electron chi connectivity index (χ0n) is 15.2. The monoisotopic (exact) mass is 339 g/mol. The van der Waals surface area contributed by atoms with Crippen LogP contribution in [0.15, 0.2) is 53.6 Å². The van der Waals surface area contributed by atoms with E-state index in [1.807, 2.05) is 65.9 Å². The van der Waals surface area contributed by atoms with Gasteiger partial charge in [0, 0.05) is 37.7 Å². The molecule has 2 atom stereocenters. The van der Waals surface area contributed by atoms with Crippen molar-refractivity contribution < 1.29 is 0 Å². The van der Waals surface area contributed by atoms with E-state index in [0.717, 1.165) is 16.9 Å². The lowest BCUT2D eigenvalue weighted by Gasteiger charge is -2.21. The highest BCUT2D eigenvalue weighted by Crippen LogP contribution is 2.12. The van der Waals surface area contributed by atoms with Crippen molar-refractivity contribution in [3.05, 3.63) is 70.4 Å². The van der Waals surface area contributed by atoms with Crippen molar-refractivity contribution >= 4 is 0 Å². The van der Waals surface area contributed by atoms with Gasteiger partial charge in [0.25, 0.3) is 5.56 Å². The Morgan fingerprint density at radius 2 is 1.88 bits per heavy atom. The molecule has 2 heterocycles. The van der Waals surface area contributed by atoms with Crippen LogP contribution in [-0.2, 0) is 13.6 Å². The van der Waals surface area contributed by atoms with Crippen LogP contribution in [0.5, 0.6) is 0 Å². The molecule has 2 aromatic heterocycles. The zero-order valence-corrected chi connectivity index (χ0v) is 15.2. The summed E-state index contributed by atoms with van der Waals surface area (Å²) in [6, 6.07) is 12.0. The third-order valence-electron chi connectivity index (χ3n) is 4.94. The van der Waals surface area contributed by atoms with Crippen molar-refractivity contribution in [2.45, 2.75) is 39.4 Å². The molecule has 0 aliphatic heterocycles. The van der Waals surface area contributed by atoms with Crippen molar-refractivity contribution in [3.8, 4) is 5.69 Å². The van der Waals surface area contributed by atoms with Gasteiger partial charge in [0.05, 0.1) is 17.3 Å². The van der Waals surface area contributed by atoms with Gasteiger partial charge in [-0.1, -0.05) is 18.2 Å². The van der Waals surface area contributed by atoms with Crippen LogP contribution in [0.4, 0.5) is 0 Å². The topological polar surface area (TPSA) is 56.8 Å². The zero-order chi connectivity index (χ0) is 18.0. The third-order valence-corrected chi connectivity index (χ3v) is 4.94. The molecule has 0 fully saturated rings. The van der Waals surface area contributed by atoms with E-state index in [1.54, 1.807) is 10.9 Å². The quantitative estimate of drug-likeness (QED) is 0.750. The van der Waals surface area contributed by atoms with Crippen LogP contribution in [0.25, 0.3) is 5.69 Å². The Morgan fingerprint density at radius 3 is 2.52 bits per heavy atom. The molecule has 0 amide bonds. The molecule has 132 valence electrons. The summed E-state index contributed by atoms with van der Waals surface area (Å²) in [5, 5.41) is 7.77. The molecule has 0 saturated heterocycles. The van der Waals surface area contributed by atoms with Crippen LogP contribution in [0.3, 0.4) is 0 Å². The molecule has 6 heteroatoms. The second kappa shape index (κ2) is 7.11. The first-order chi connectivity index (χ1) is 12.0. The highest BCUT2D eigenvalue weighted by atomic mass is 16.1. The fourth-order valence-corrected chi connectivity index (χ4v) is 3.01. The predicted octanol–water partition coefficient (Wildman–Crippen LogP) is 2.42. The molecule has 0 spiro atoms. The summed E-state index contributed by atoms with van der Waals surface area (Å²) < 4.78 is 5.56. The number of hydrogen-bond acceptors (Lipinski definition) is 3. The van der Waals surface area contributed by atoms with Crippen molar-refractivity contribution in [1.82, 2.24) is 24.5 Å². The molecule has 6 nitrogen and oxygen atoms in total. The standard InChI is InChI=1S/C19H25N5O/c1-14(15(2)23-12-8-11-21-23)20-13-18-16(3)22(4)24(19(18)25)17-9-6-5-7-10-17/h5-12,14-15,20H,13H2,1-4H3/t14-,15+/m0/s1. The minimum absolute atomic E-state index is 0.0256. The van der Waals surface area contributed by atoms with Crippen LogP contribution in [0.2, 0.25) is 0 Å². The number of benzene rings is 1. The van der Waals surface area contributed by atoms with Crippen LogP contribution in [0, 0.1) is 6.92 Å². The van der Waals surface area contributed by atoms with Crippen molar-refractivity contribution in [3.63, 3.8) is 0 Å². The maximum absolute atomic E-state index is 12.9. The van der Waals surface area contributed by atoms with Gasteiger partial charge in [0.15, 0.2) is 0 Å². The van der Waals surface area contributed by atoms with Gasteiger partial charge in [-0.2, -0.15) is 5.10 Å². The normalized spacial score (nSPS) is 13.8. The van der Waals surface area contributed by atoms with Gasteiger partial charge in [-0.05, 0) is 39.0 Å². The van der Waals surface area contributed by atoms with Gasteiger partial charge in [0.1, 0.15) is 0 Å². The smallest absolute Gasteiger partial charge is 0.276 e. The second-order valence-corrected chi connectivity index (χ2v) is 6.44. The third kappa shape index (κ3) is 3.30. The molecule has 3 rings (SSSR count). The van der Waals surface area contributed by atoms with Crippen molar-refractivity contribution in [2.75, 3.05) is 0 Å². The Hall–Kier alpha value is -2.60. The summed E-state index contributed by atoms with van der Waals surface area (Å²) in [5.74, 6) is 0. The predicted molar refractivity (Wildman–Crippen MR) is 99.0 cm³/mol. The SMILES string of the molecule is Cc1c(CN[C@@H](C)[C@@H](C)n2cccn2)c(=O)n(-c2ccccc2)n1C. The van der Waals surface area contributed by atoms with Gasteiger partial charge in [-0.15, -0.1) is 0 Å². The lowest BCUT2D eigenvalue weighted by atomic mass is 10.1. The van der Waals surface area contributed by atoms with E-state index < -0.39 is 0 Å². The van der Waals surface area contributed by atoms with Crippen LogP contribution in [0.1, 0.15) is 31.1 Å². The van der Waals surface area contributed by atoms with E-state index in [4.69, 9.17) is 0 Å².